The lowest BCUT2D eigenvalue weighted by atomic mass is 10.1. The summed E-state index contributed by atoms with van der Waals surface area (Å²) in [5.41, 5.74) is 3.78. The summed E-state index contributed by atoms with van der Waals surface area (Å²) >= 11 is 11.8. The maximum Gasteiger partial charge on any atom is 0.257 e. The number of carbonyl (C=O) groups is 1. The topological polar surface area (TPSA) is 42.0 Å². The van der Waals surface area contributed by atoms with Gasteiger partial charge >= 0.3 is 0 Å². The summed E-state index contributed by atoms with van der Waals surface area (Å²) in [6.45, 7) is 0. The number of halogens is 2. The van der Waals surface area contributed by atoms with Crippen molar-refractivity contribution in [1.29, 1.82) is 0 Å². The summed E-state index contributed by atoms with van der Waals surface area (Å²) in [5, 5.41) is 3.38. The van der Waals surface area contributed by atoms with Gasteiger partial charge in [0.25, 0.3) is 5.91 Å². The first kappa shape index (κ1) is 13.4. The molecule has 1 aromatic heterocycles. The van der Waals surface area contributed by atoms with E-state index in [0.717, 1.165) is 18.5 Å². The lowest BCUT2D eigenvalue weighted by Crippen LogP contribution is -2.13. The van der Waals surface area contributed by atoms with Gasteiger partial charge in [-0.05, 0) is 48.6 Å². The number of anilines is 1. The molecule has 3 nitrogen and oxygen atoms in total. The average molecular weight is 307 g/mol. The molecule has 1 heterocycles. The molecule has 1 aliphatic rings. The summed E-state index contributed by atoms with van der Waals surface area (Å²) in [7, 11) is 0. The Balaban J connectivity index is 1.84. The Morgan fingerprint density at radius 1 is 1.15 bits per heavy atom. The number of rotatable bonds is 2. The first-order valence-corrected chi connectivity index (χ1v) is 7.13. The van der Waals surface area contributed by atoms with E-state index in [1.165, 1.54) is 29.8 Å². The van der Waals surface area contributed by atoms with Crippen molar-refractivity contribution in [1.82, 2.24) is 4.98 Å². The molecule has 2 aromatic rings. The molecule has 0 atom stereocenters. The predicted octanol–water partition coefficient (Wildman–Crippen LogP) is 4.13. The molecule has 1 aliphatic carbocycles. The van der Waals surface area contributed by atoms with Crippen molar-refractivity contribution < 1.29 is 4.79 Å². The van der Waals surface area contributed by atoms with Crippen LogP contribution in [0.3, 0.4) is 0 Å². The van der Waals surface area contributed by atoms with Crippen molar-refractivity contribution in [3.05, 3.63) is 57.3 Å². The van der Waals surface area contributed by atoms with Crippen molar-refractivity contribution in [2.75, 3.05) is 5.32 Å². The van der Waals surface area contributed by atoms with Crippen LogP contribution < -0.4 is 5.32 Å². The summed E-state index contributed by atoms with van der Waals surface area (Å²) in [4.78, 5) is 16.0. The molecule has 0 unspecified atom stereocenters. The summed E-state index contributed by atoms with van der Waals surface area (Å²) in [6.07, 6.45) is 4.75. The zero-order chi connectivity index (χ0) is 14.1. The Hall–Kier alpha value is -1.58. The summed E-state index contributed by atoms with van der Waals surface area (Å²) < 4.78 is 0. The Morgan fingerprint density at radius 2 is 1.95 bits per heavy atom. The minimum absolute atomic E-state index is 0.244. The van der Waals surface area contributed by atoms with Crippen LogP contribution in [0.15, 0.2) is 30.5 Å². The zero-order valence-corrected chi connectivity index (χ0v) is 12.1. The molecule has 0 saturated carbocycles. The molecule has 0 aliphatic heterocycles. The zero-order valence-electron chi connectivity index (χ0n) is 10.6. The monoisotopic (exact) mass is 306 g/mol. The van der Waals surface area contributed by atoms with E-state index >= 15 is 0 Å². The minimum atomic E-state index is -0.280. The average Bonchev–Trinajstić information content (AvgIpc) is 2.89. The molecule has 0 saturated heterocycles. The highest BCUT2D eigenvalue weighted by atomic mass is 35.5. The highest BCUT2D eigenvalue weighted by Crippen LogP contribution is 2.26. The van der Waals surface area contributed by atoms with E-state index in [1.54, 1.807) is 0 Å². The first-order valence-electron chi connectivity index (χ1n) is 6.38. The number of fused-ring (bicyclic) bond motifs is 1. The summed E-state index contributed by atoms with van der Waals surface area (Å²) in [6, 6.07) is 7.47. The van der Waals surface area contributed by atoms with Crippen LogP contribution in [-0.4, -0.2) is 10.9 Å². The Morgan fingerprint density at radius 3 is 2.80 bits per heavy atom. The van der Waals surface area contributed by atoms with Gasteiger partial charge in [0.05, 0.1) is 10.6 Å². The molecule has 0 radical (unpaired) electrons. The maximum atomic E-state index is 12.2. The van der Waals surface area contributed by atoms with Gasteiger partial charge in [0, 0.05) is 11.9 Å². The normalized spacial score (nSPS) is 13.1. The molecular weight excluding hydrogens is 295 g/mol. The maximum absolute atomic E-state index is 12.2. The second kappa shape index (κ2) is 5.43. The van der Waals surface area contributed by atoms with Crippen LogP contribution in [0.5, 0.6) is 0 Å². The largest absolute Gasteiger partial charge is 0.322 e. The predicted molar refractivity (Wildman–Crippen MR) is 80.7 cm³/mol. The van der Waals surface area contributed by atoms with E-state index < -0.39 is 0 Å². The van der Waals surface area contributed by atoms with Gasteiger partial charge in [0.2, 0.25) is 0 Å². The van der Waals surface area contributed by atoms with Crippen molar-refractivity contribution in [3.8, 4) is 0 Å². The smallest absolute Gasteiger partial charge is 0.257 e. The highest BCUT2D eigenvalue weighted by molar-refractivity contribution is 6.35. The first-order chi connectivity index (χ1) is 9.63. The Kier molecular flexibility index (Phi) is 3.64. The number of pyridine rings is 1. The number of aryl methyl sites for hydroxylation is 2. The molecule has 102 valence electrons. The standard InChI is InChI=1S/C15H12Cl2N2O/c16-13-8-18-14(17)7-12(13)15(20)19-11-5-4-9-2-1-3-10(9)6-11/h4-8H,1-3H2,(H,19,20). The van der Waals surface area contributed by atoms with Crippen LogP contribution in [0, 0.1) is 0 Å². The number of amides is 1. The minimum Gasteiger partial charge on any atom is -0.322 e. The highest BCUT2D eigenvalue weighted by Gasteiger charge is 2.14. The molecule has 0 bridgehead atoms. The number of hydrogen-bond acceptors (Lipinski definition) is 2. The van der Waals surface area contributed by atoms with Gasteiger partial charge < -0.3 is 5.32 Å². The van der Waals surface area contributed by atoms with E-state index in [-0.39, 0.29) is 16.1 Å². The van der Waals surface area contributed by atoms with E-state index in [9.17, 15) is 4.79 Å². The van der Waals surface area contributed by atoms with Gasteiger partial charge in [0.15, 0.2) is 0 Å². The van der Waals surface area contributed by atoms with Gasteiger partial charge in [-0.15, -0.1) is 0 Å². The number of nitrogens with zero attached hydrogens (tertiary/aromatic N) is 1. The second-order valence-corrected chi connectivity index (χ2v) is 5.57. The van der Waals surface area contributed by atoms with Gasteiger partial charge in [-0.1, -0.05) is 29.3 Å². The Bertz CT molecular complexity index is 686. The fraction of sp³-hybridized carbons (Fsp3) is 0.200. The van der Waals surface area contributed by atoms with Crippen LogP contribution in [0.25, 0.3) is 0 Å². The van der Waals surface area contributed by atoms with Gasteiger partial charge in [-0.3, -0.25) is 4.79 Å². The second-order valence-electron chi connectivity index (χ2n) is 4.78. The molecule has 1 N–H and O–H groups in total. The molecular formula is C15H12Cl2N2O. The number of nitrogens with one attached hydrogen (secondary N) is 1. The number of carbonyl (C=O) groups excluding carboxylic acids is 1. The van der Waals surface area contributed by atoms with Crippen molar-refractivity contribution in [2.24, 2.45) is 0 Å². The number of benzene rings is 1. The quantitative estimate of drug-likeness (QED) is 0.848. The van der Waals surface area contributed by atoms with Crippen molar-refractivity contribution >= 4 is 34.8 Å². The van der Waals surface area contributed by atoms with Crippen LogP contribution in [0.4, 0.5) is 5.69 Å². The lowest BCUT2D eigenvalue weighted by molar-refractivity contribution is 0.102. The molecule has 5 heteroatoms. The van der Waals surface area contributed by atoms with Crippen LogP contribution in [0.2, 0.25) is 10.2 Å². The fourth-order valence-corrected chi connectivity index (χ4v) is 2.78. The number of aromatic nitrogens is 1. The van der Waals surface area contributed by atoms with Gasteiger partial charge in [-0.2, -0.15) is 0 Å². The third-order valence-corrected chi connectivity index (χ3v) is 3.93. The van der Waals surface area contributed by atoms with Crippen LogP contribution >= 0.6 is 23.2 Å². The van der Waals surface area contributed by atoms with Crippen molar-refractivity contribution in [2.45, 2.75) is 19.3 Å². The third kappa shape index (κ3) is 2.65. The van der Waals surface area contributed by atoms with E-state index in [4.69, 9.17) is 23.2 Å². The van der Waals surface area contributed by atoms with E-state index in [0.29, 0.717) is 5.56 Å². The summed E-state index contributed by atoms with van der Waals surface area (Å²) in [5.74, 6) is -0.280. The van der Waals surface area contributed by atoms with Gasteiger partial charge in [-0.25, -0.2) is 4.98 Å². The fourth-order valence-electron chi connectivity index (χ4n) is 2.44. The third-order valence-electron chi connectivity index (χ3n) is 3.42. The lowest BCUT2D eigenvalue weighted by Gasteiger charge is -2.08. The van der Waals surface area contributed by atoms with Crippen LogP contribution in [0.1, 0.15) is 27.9 Å². The van der Waals surface area contributed by atoms with E-state index in [1.807, 2.05) is 12.1 Å². The van der Waals surface area contributed by atoms with Crippen molar-refractivity contribution in [3.63, 3.8) is 0 Å². The van der Waals surface area contributed by atoms with Crippen LogP contribution in [-0.2, 0) is 12.8 Å². The molecule has 20 heavy (non-hydrogen) atoms. The SMILES string of the molecule is O=C(Nc1ccc2c(c1)CCC2)c1cc(Cl)ncc1Cl. The molecule has 0 fully saturated rings. The molecule has 1 aromatic carbocycles. The number of hydrogen-bond donors (Lipinski definition) is 1. The van der Waals surface area contributed by atoms with Gasteiger partial charge in [0.1, 0.15) is 5.15 Å². The molecule has 1 amide bonds. The molecule has 3 rings (SSSR count). The Labute approximate surface area is 126 Å². The van der Waals surface area contributed by atoms with E-state index in [2.05, 4.69) is 16.4 Å². The molecule has 0 spiro atoms.